The molecule has 6 nitrogen and oxygen atoms in total. The zero-order valence-corrected chi connectivity index (χ0v) is 17.4. The summed E-state index contributed by atoms with van der Waals surface area (Å²) in [5.41, 5.74) is 0.121. The summed E-state index contributed by atoms with van der Waals surface area (Å²) < 4.78 is 6.61. The van der Waals surface area contributed by atoms with Crippen molar-refractivity contribution in [2.24, 2.45) is 0 Å². The van der Waals surface area contributed by atoms with Gasteiger partial charge in [0, 0.05) is 28.7 Å². The van der Waals surface area contributed by atoms with Gasteiger partial charge in [-0.25, -0.2) is 4.79 Å². The first-order valence-corrected chi connectivity index (χ1v) is 10.2. The van der Waals surface area contributed by atoms with Gasteiger partial charge >= 0.3 is 5.97 Å². The first kappa shape index (κ1) is 20.6. The Bertz CT molecular complexity index is 1060. The number of ether oxygens (including phenoxy) is 1. The lowest BCUT2D eigenvalue weighted by Gasteiger charge is -2.15. The fourth-order valence-electron chi connectivity index (χ4n) is 2.93. The molecule has 0 spiro atoms. The van der Waals surface area contributed by atoms with Gasteiger partial charge in [-0.15, -0.1) is 11.3 Å². The highest BCUT2D eigenvalue weighted by Gasteiger charge is 2.20. The second-order valence-electron chi connectivity index (χ2n) is 6.23. The van der Waals surface area contributed by atoms with Crippen molar-refractivity contribution in [2.45, 2.75) is 19.4 Å². The van der Waals surface area contributed by atoms with Crippen LogP contribution in [0.5, 0.6) is 0 Å². The molecule has 0 saturated carbocycles. The van der Waals surface area contributed by atoms with E-state index < -0.39 is 5.97 Å². The fourth-order valence-corrected chi connectivity index (χ4v) is 4.45. The van der Waals surface area contributed by atoms with Crippen molar-refractivity contribution >= 4 is 58.6 Å². The number of carbonyl (C=O) groups excluding carboxylic acids is 2. The number of halogens is 2. The van der Waals surface area contributed by atoms with Gasteiger partial charge in [0.25, 0.3) is 5.56 Å². The summed E-state index contributed by atoms with van der Waals surface area (Å²) in [4.78, 5) is 38.9. The van der Waals surface area contributed by atoms with E-state index in [2.05, 4.69) is 4.74 Å². The van der Waals surface area contributed by atoms with Gasteiger partial charge in [-0.2, -0.15) is 0 Å². The van der Waals surface area contributed by atoms with Crippen LogP contribution in [0, 0.1) is 0 Å². The standard InChI is InChI=1S/C19H18Cl2N2O4S/c1-27-18(25)10-17-23(11-16(24)22-7-2-3-8-22)19(26)15(28-17)9-12-13(20)5-4-6-14(12)21/h4-6,9-10H,2-3,7-8,11H2,1H3. The van der Waals surface area contributed by atoms with E-state index in [9.17, 15) is 14.4 Å². The Morgan fingerprint density at radius 3 is 2.46 bits per heavy atom. The van der Waals surface area contributed by atoms with E-state index in [1.165, 1.54) is 17.8 Å². The van der Waals surface area contributed by atoms with Crippen molar-refractivity contribution in [3.05, 3.63) is 53.4 Å². The lowest BCUT2D eigenvalue weighted by molar-refractivity contribution is -0.133. The van der Waals surface area contributed by atoms with Crippen molar-refractivity contribution in [1.29, 1.82) is 0 Å². The number of hydrogen-bond donors (Lipinski definition) is 0. The van der Waals surface area contributed by atoms with Crippen molar-refractivity contribution in [2.75, 3.05) is 20.2 Å². The molecule has 3 rings (SSSR count). The number of thiazole rings is 1. The number of aromatic nitrogens is 1. The number of benzene rings is 1. The number of hydrogen-bond acceptors (Lipinski definition) is 5. The summed E-state index contributed by atoms with van der Waals surface area (Å²) >= 11 is 13.5. The molecule has 2 aromatic rings. The van der Waals surface area contributed by atoms with Gasteiger partial charge in [0.2, 0.25) is 5.91 Å². The number of methoxy groups -OCH3 is 1. The summed E-state index contributed by atoms with van der Waals surface area (Å²) in [6.07, 6.45) is 4.68. The molecule has 1 aromatic carbocycles. The maximum Gasteiger partial charge on any atom is 0.333 e. The van der Waals surface area contributed by atoms with E-state index in [-0.39, 0.29) is 18.0 Å². The number of amides is 1. The summed E-state index contributed by atoms with van der Waals surface area (Å²) in [6, 6.07) is 5.05. The van der Waals surface area contributed by atoms with E-state index in [0.29, 0.717) is 37.9 Å². The third kappa shape index (κ3) is 4.48. The highest BCUT2D eigenvalue weighted by Crippen LogP contribution is 2.24. The van der Waals surface area contributed by atoms with Crippen LogP contribution < -0.4 is 14.8 Å². The zero-order valence-electron chi connectivity index (χ0n) is 15.1. The Morgan fingerprint density at radius 1 is 1.21 bits per heavy atom. The molecular weight excluding hydrogens is 423 g/mol. The Balaban J connectivity index is 2.12. The molecule has 0 N–H and O–H groups in total. The van der Waals surface area contributed by atoms with E-state index in [4.69, 9.17) is 23.2 Å². The van der Waals surface area contributed by atoms with Gasteiger partial charge in [-0.1, -0.05) is 29.3 Å². The fraction of sp³-hybridized carbons (Fsp3) is 0.316. The molecule has 28 heavy (non-hydrogen) atoms. The molecule has 1 amide bonds. The highest BCUT2D eigenvalue weighted by atomic mass is 35.5. The summed E-state index contributed by atoms with van der Waals surface area (Å²) in [5, 5.41) is 0.803. The minimum absolute atomic E-state index is 0.137. The monoisotopic (exact) mass is 440 g/mol. The Labute approximate surface area is 175 Å². The van der Waals surface area contributed by atoms with Crippen molar-refractivity contribution in [3.8, 4) is 0 Å². The van der Waals surface area contributed by atoms with Gasteiger partial charge in [0.1, 0.15) is 11.2 Å². The third-order valence-electron chi connectivity index (χ3n) is 4.41. The predicted molar refractivity (Wildman–Crippen MR) is 110 cm³/mol. The molecular formula is C19H18Cl2N2O4S. The Hall–Kier alpha value is -2.09. The molecule has 1 aliphatic rings. The lowest BCUT2D eigenvalue weighted by atomic mass is 10.2. The Morgan fingerprint density at radius 2 is 1.86 bits per heavy atom. The van der Waals surface area contributed by atoms with Crippen LogP contribution in [-0.2, 0) is 20.9 Å². The van der Waals surface area contributed by atoms with Crippen molar-refractivity contribution < 1.29 is 14.3 Å². The van der Waals surface area contributed by atoms with Crippen molar-refractivity contribution in [1.82, 2.24) is 9.47 Å². The summed E-state index contributed by atoms with van der Waals surface area (Å²) in [6.45, 7) is 1.23. The number of esters is 1. The number of nitrogens with zero attached hydrogens (tertiary/aromatic N) is 2. The zero-order chi connectivity index (χ0) is 20.3. The van der Waals surface area contributed by atoms with Crippen LogP contribution in [0.15, 0.2) is 23.0 Å². The summed E-state index contributed by atoms with van der Waals surface area (Å²) in [5.74, 6) is -0.759. The quantitative estimate of drug-likeness (QED) is 0.677. The van der Waals surface area contributed by atoms with E-state index >= 15 is 0 Å². The van der Waals surface area contributed by atoms with E-state index in [1.807, 2.05) is 0 Å². The molecule has 0 radical (unpaired) electrons. The second-order valence-corrected chi connectivity index (χ2v) is 8.11. The molecule has 148 valence electrons. The van der Waals surface area contributed by atoms with Gasteiger partial charge in [-0.3, -0.25) is 14.2 Å². The second kappa shape index (κ2) is 8.94. The average molecular weight is 441 g/mol. The first-order chi connectivity index (χ1) is 13.4. The molecule has 0 aliphatic carbocycles. The highest BCUT2D eigenvalue weighted by molar-refractivity contribution is 7.07. The topological polar surface area (TPSA) is 68.6 Å². The van der Waals surface area contributed by atoms with Crippen LogP contribution in [0.4, 0.5) is 0 Å². The van der Waals surface area contributed by atoms with Crippen LogP contribution in [0.1, 0.15) is 18.4 Å². The van der Waals surface area contributed by atoms with Gasteiger partial charge in [0.05, 0.1) is 17.7 Å². The molecule has 1 saturated heterocycles. The molecule has 0 unspecified atom stereocenters. The van der Waals surface area contributed by atoms with E-state index in [0.717, 1.165) is 24.2 Å². The molecule has 2 heterocycles. The number of likely N-dealkylation sites (tertiary alicyclic amines) is 1. The van der Waals surface area contributed by atoms with Crippen LogP contribution in [0.2, 0.25) is 10.0 Å². The normalized spacial score (nSPS) is 15.3. The minimum atomic E-state index is -0.606. The van der Waals surface area contributed by atoms with Crippen LogP contribution >= 0.6 is 34.5 Å². The summed E-state index contributed by atoms with van der Waals surface area (Å²) in [7, 11) is 1.25. The minimum Gasteiger partial charge on any atom is -0.466 e. The van der Waals surface area contributed by atoms with Gasteiger partial charge in [0.15, 0.2) is 0 Å². The van der Waals surface area contributed by atoms with Gasteiger partial charge < -0.3 is 9.64 Å². The molecule has 0 atom stereocenters. The van der Waals surface area contributed by atoms with Crippen LogP contribution in [-0.4, -0.2) is 41.5 Å². The van der Waals surface area contributed by atoms with Crippen LogP contribution in [0.25, 0.3) is 12.2 Å². The third-order valence-corrected chi connectivity index (χ3v) is 6.13. The maximum absolute atomic E-state index is 13.0. The Kier molecular flexibility index (Phi) is 6.59. The van der Waals surface area contributed by atoms with Crippen LogP contribution in [0.3, 0.4) is 0 Å². The number of carbonyl (C=O) groups is 2. The molecule has 0 bridgehead atoms. The largest absolute Gasteiger partial charge is 0.466 e. The lowest BCUT2D eigenvalue weighted by Crippen LogP contribution is -2.39. The molecule has 1 aromatic heterocycles. The van der Waals surface area contributed by atoms with Gasteiger partial charge in [-0.05, 0) is 31.1 Å². The predicted octanol–water partition coefficient (Wildman–Crippen LogP) is 1.62. The molecule has 1 fully saturated rings. The molecule has 1 aliphatic heterocycles. The maximum atomic E-state index is 13.0. The SMILES string of the molecule is COC(=O)C=c1sc(=Cc2c(Cl)cccc2Cl)c(=O)n1CC(=O)N1CCCC1. The van der Waals surface area contributed by atoms with Crippen molar-refractivity contribution in [3.63, 3.8) is 0 Å². The molecule has 9 heteroatoms. The number of rotatable bonds is 4. The smallest absolute Gasteiger partial charge is 0.333 e. The van der Waals surface area contributed by atoms with E-state index in [1.54, 1.807) is 29.2 Å². The average Bonchev–Trinajstić information content (AvgIpc) is 3.29. The first-order valence-electron chi connectivity index (χ1n) is 8.63.